The fourth-order valence-electron chi connectivity index (χ4n) is 2.96. The predicted octanol–water partition coefficient (Wildman–Crippen LogP) is 5.13. The van der Waals surface area contributed by atoms with E-state index in [4.69, 9.17) is 4.74 Å². The molecule has 2 rings (SSSR count). The Morgan fingerprint density at radius 3 is 2.77 bits per heavy atom. The Hall–Kier alpha value is -1.03. The van der Waals surface area contributed by atoms with E-state index in [0.29, 0.717) is 5.92 Å². The Morgan fingerprint density at radius 1 is 1.41 bits per heavy atom. The molecule has 122 valence electrons. The van der Waals surface area contributed by atoms with Crippen molar-refractivity contribution in [2.45, 2.75) is 58.5 Å². The summed E-state index contributed by atoms with van der Waals surface area (Å²) in [5.41, 5.74) is 2.35. The van der Waals surface area contributed by atoms with Crippen LogP contribution in [-0.4, -0.2) is 29.7 Å². The maximum absolute atomic E-state index is 12.2. The van der Waals surface area contributed by atoms with Crippen molar-refractivity contribution in [1.82, 2.24) is 4.90 Å². The molecule has 4 heteroatoms. The molecule has 0 saturated carbocycles. The molecule has 1 aromatic rings. The Morgan fingerprint density at radius 2 is 2.14 bits per heavy atom. The van der Waals surface area contributed by atoms with Gasteiger partial charge in [0.15, 0.2) is 0 Å². The zero-order chi connectivity index (χ0) is 16.3. The largest absolute Gasteiger partial charge is 0.444 e. The van der Waals surface area contributed by atoms with Crippen molar-refractivity contribution in [3.05, 3.63) is 33.8 Å². The van der Waals surface area contributed by atoms with E-state index in [1.807, 2.05) is 25.7 Å². The number of halogens is 1. The average Bonchev–Trinajstić information content (AvgIpc) is 2.87. The molecule has 0 aliphatic carbocycles. The zero-order valence-electron chi connectivity index (χ0n) is 14.0. The lowest BCUT2D eigenvalue weighted by Crippen LogP contribution is -2.35. The molecule has 1 aliphatic heterocycles. The van der Waals surface area contributed by atoms with Gasteiger partial charge in [-0.1, -0.05) is 35.3 Å². The summed E-state index contributed by atoms with van der Waals surface area (Å²) < 4.78 is 6.61. The number of hydrogen-bond donors (Lipinski definition) is 0. The minimum atomic E-state index is -0.430. The van der Waals surface area contributed by atoms with Crippen LogP contribution in [0.1, 0.15) is 57.6 Å². The molecule has 22 heavy (non-hydrogen) atoms. The monoisotopic (exact) mass is 367 g/mol. The molecule has 1 aliphatic rings. The van der Waals surface area contributed by atoms with Crippen LogP contribution >= 0.6 is 15.9 Å². The zero-order valence-corrected chi connectivity index (χ0v) is 15.6. The van der Waals surface area contributed by atoms with E-state index in [2.05, 4.69) is 41.1 Å². The molecule has 0 aromatic heterocycles. The lowest BCUT2D eigenvalue weighted by Gasteiger charge is -2.24. The summed E-state index contributed by atoms with van der Waals surface area (Å²) in [6.45, 7) is 9.46. The molecule has 0 radical (unpaired) electrons. The first-order valence-electron chi connectivity index (χ1n) is 8.06. The van der Waals surface area contributed by atoms with Gasteiger partial charge in [0.05, 0.1) is 0 Å². The first kappa shape index (κ1) is 17.3. The van der Waals surface area contributed by atoms with Crippen LogP contribution in [0.3, 0.4) is 0 Å². The predicted molar refractivity (Wildman–Crippen MR) is 93.3 cm³/mol. The molecule has 1 heterocycles. The lowest BCUT2D eigenvalue weighted by atomic mass is 9.91. The van der Waals surface area contributed by atoms with Gasteiger partial charge in [0, 0.05) is 23.5 Å². The number of hydrogen-bond acceptors (Lipinski definition) is 2. The van der Waals surface area contributed by atoms with Gasteiger partial charge in [-0.25, -0.2) is 4.79 Å². The highest BCUT2D eigenvalue weighted by molar-refractivity contribution is 9.10. The van der Waals surface area contributed by atoms with Crippen molar-refractivity contribution >= 4 is 22.0 Å². The second-order valence-corrected chi connectivity index (χ2v) is 7.92. The summed E-state index contributed by atoms with van der Waals surface area (Å²) in [6, 6.07) is 6.53. The molecule has 3 nitrogen and oxygen atoms in total. The van der Waals surface area contributed by atoms with Gasteiger partial charge in [-0.15, -0.1) is 0 Å². The van der Waals surface area contributed by atoms with Crippen LogP contribution in [0.2, 0.25) is 0 Å². The number of benzene rings is 1. The third kappa shape index (κ3) is 4.48. The minimum absolute atomic E-state index is 0.191. The number of rotatable bonds is 3. The topological polar surface area (TPSA) is 29.5 Å². The van der Waals surface area contributed by atoms with Gasteiger partial charge in [-0.3, -0.25) is 0 Å². The third-order valence-electron chi connectivity index (χ3n) is 3.90. The average molecular weight is 368 g/mol. The van der Waals surface area contributed by atoms with Gasteiger partial charge in [0.1, 0.15) is 5.60 Å². The quantitative estimate of drug-likeness (QED) is 0.741. The number of amides is 1. The van der Waals surface area contributed by atoms with Crippen molar-refractivity contribution in [2.24, 2.45) is 0 Å². The van der Waals surface area contributed by atoms with Gasteiger partial charge in [-0.05, 0) is 56.9 Å². The molecule has 1 atom stereocenters. The first-order chi connectivity index (χ1) is 10.3. The lowest BCUT2D eigenvalue weighted by molar-refractivity contribution is 0.0292. The molecule has 0 unspecified atom stereocenters. The number of carbonyl (C=O) groups excluding carboxylic acids is 1. The molecule has 0 bridgehead atoms. The highest BCUT2D eigenvalue weighted by Crippen LogP contribution is 2.32. The highest BCUT2D eigenvalue weighted by atomic mass is 79.9. The second kappa shape index (κ2) is 7.03. The van der Waals surface area contributed by atoms with Crippen LogP contribution in [0.15, 0.2) is 22.7 Å². The van der Waals surface area contributed by atoms with Crippen molar-refractivity contribution in [2.75, 3.05) is 13.1 Å². The summed E-state index contributed by atoms with van der Waals surface area (Å²) in [5.74, 6) is 0.419. The number of carbonyl (C=O) groups is 1. The molecular formula is C18H26BrNO2. The number of ether oxygens (including phenoxy) is 1. The van der Waals surface area contributed by atoms with Crippen molar-refractivity contribution in [1.29, 1.82) is 0 Å². The van der Waals surface area contributed by atoms with Gasteiger partial charge >= 0.3 is 6.09 Å². The summed E-state index contributed by atoms with van der Waals surface area (Å²) in [7, 11) is 0. The SMILES string of the molecule is CCCc1cc(Br)ccc1[C@H]1CCN(C(=O)OC(C)(C)C)C1. The van der Waals surface area contributed by atoms with Gasteiger partial charge < -0.3 is 9.64 Å². The van der Waals surface area contributed by atoms with E-state index >= 15 is 0 Å². The summed E-state index contributed by atoms with van der Waals surface area (Å²) in [4.78, 5) is 14.0. The Bertz CT molecular complexity index is 536. The van der Waals surface area contributed by atoms with Gasteiger partial charge in [0.25, 0.3) is 0 Å². The fraction of sp³-hybridized carbons (Fsp3) is 0.611. The molecule has 1 amide bonds. The van der Waals surface area contributed by atoms with Crippen molar-refractivity contribution < 1.29 is 9.53 Å². The van der Waals surface area contributed by atoms with Crippen LogP contribution in [0.25, 0.3) is 0 Å². The number of likely N-dealkylation sites (tertiary alicyclic amines) is 1. The first-order valence-corrected chi connectivity index (χ1v) is 8.85. The van der Waals surface area contributed by atoms with Crippen molar-refractivity contribution in [3.63, 3.8) is 0 Å². The molecule has 1 aromatic carbocycles. The Balaban J connectivity index is 2.08. The van der Waals surface area contributed by atoms with Gasteiger partial charge in [-0.2, -0.15) is 0 Å². The molecule has 1 saturated heterocycles. The standard InChI is InChI=1S/C18H26BrNO2/c1-5-6-13-11-15(19)7-8-16(13)14-9-10-20(12-14)17(21)22-18(2,3)4/h7-8,11,14H,5-6,9-10,12H2,1-4H3/t14-/m0/s1. The molecule has 0 spiro atoms. The van der Waals surface area contributed by atoms with Crippen LogP contribution in [0.5, 0.6) is 0 Å². The van der Waals surface area contributed by atoms with E-state index in [-0.39, 0.29) is 6.09 Å². The fourth-order valence-corrected chi connectivity index (χ4v) is 3.37. The Kier molecular flexibility index (Phi) is 5.54. The van der Waals surface area contributed by atoms with Crippen LogP contribution in [-0.2, 0) is 11.2 Å². The van der Waals surface area contributed by atoms with E-state index < -0.39 is 5.60 Å². The normalized spacial score (nSPS) is 18.6. The maximum Gasteiger partial charge on any atom is 0.410 e. The third-order valence-corrected chi connectivity index (χ3v) is 4.40. The number of aryl methyl sites for hydroxylation is 1. The smallest absolute Gasteiger partial charge is 0.410 e. The van der Waals surface area contributed by atoms with Crippen molar-refractivity contribution in [3.8, 4) is 0 Å². The highest BCUT2D eigenvalue weighted by Gasteiger charge is 2.31. The maximum atomic E-state index is 12.2. The summed E-state index contributed by atoms with van der Waals surface area (Å²) >= 11 is 3.56. The second-order valence-electron chi connectivity index (χ2n) is 7.01. The van der Waals surface area contributed by atoms with Crippen LogP contribution in [0, 0.1) is 0 Å². The summed E-state index contributed by atoms with van der Waals surface area (Å²) in [5, 5.41) is 0. The van der Waals surface area contributed by atoms with E-state index in [1.165, 1.54) is 11.1 Å². The molecule has 0 N–H and O–H groups in total. The van der Waals surface area contributed by atoms with E-state index in [0.717, 1.165) is 36.8 Å². The minimum Gasteiger partial charge on any atom is -0.444 e. The van der Waals surface area contributed by atoms with Gasteiger partial charge in [0.2, 0.25) is 0 Å². The molecule has 1 fully saturated rings. The van der Waals surface area contributed by atoms with Crippen LogP contribution in [0.4, 0.5) is 4.79 Å². The number of nitrogens with zero attached hydrogens (tertiary/aromatic N) is 1. The van der Waals surface area contributed by atoms with E-state index in [9.17, 15) is 4.79 Å². The summed E-state index contributed by atoms with van der Waals surface area (Å²) in [6.07, 6.45) is 3.03. The Labute approximate surface area is 142 Å². The van der Waals surface area contributed by atoms with Crippen LogP contribution < -0.4 is 0 Å². The molecular weight excluding hydrogens is 342 g/mol. The van der Waals surface area contributed by atoms with E-state index in [1.54, 1.807) is 0 Å².